The molecule has 0 aromatic heterocycles. The molecule has 1 saturated heterocycles. The van der Waals surface area contributed by atoms with Crippen LogP contribution in [0.5, 0.6) is 0 Å². The van der Waals surface area contributed by atoms with E-state index in [1.165, 1.54) is 18.1 Å². The molecule has 2 atom stereocenters. The first-order valence-electron chi connectivity index (χ1n) is 12.8. The molecular formula is C25H48O3SSi3. The lowest BCUT2D eigenvalue weighted by Crippen LogP contribution is -2.66. The Morgan fingerprint density at radius 3 is 1.84 bits per heavy atom. The summed E-state index contributed by atoms with van der Waals surface area (Å²) in [5.74, 6) is 3.84. The minimum absolute atomic E-state index is 0.0694. The molecule has 1 fully saturated rings. The van der Waals surface area contributed by atoms with E-state index in [0.29, 0.717) is 28.8 Å². The highest BCUT2D eigenvalue weighted by Crippen LogP contribution is 2.50. The van der Waals surface area contributed by atoms with Gasteiger partial charge < -0.3 is 13.0 Å². The lowest BCUT2D eigenvalue weighted by atomic mass is 10.0. The van der Waals surface area contributed by atoms with Gasteiger partial charge in [0.1, 0.15) is 12.8 Å². The van der Waals surface area contributed by atoms with E-state index in [9.17, 15) is 0 Å². The normalized spacial score (nSPS) is 27.4. The van der Waals surface area contributed by atoms with Crippen molar-refractivity contribution in [2.45, 2.75) is 127 Å². The Morgan fingerprint density at radius 1 is 0.906 bits per heavy atom. The van der Waals surface area contributed by atoms with E-state index in [4.69, 9.17) is 13.0 Å². The van der Waals surface area contributed by atoms with Crippen molar-refractivity contribution in [3.8, 4) is 11.5 Å². The van der Waals surface area contributed by atoms with Crippen LogP contribution in [0.25, 0.3) is 0 Å². The summed E-state index contributed by atoms with van der Waals surface area (Å²) in [7, 11) is -6.72. The van der Waals surface area contributed by atoms with Crippen LogP contribution in [0, 0.1) is 11.5 Å². The van der Waals surface area contributed by atoms with Gasteiger partial charge >= 0.3 is 17.1 Å². The van der Waals surface area contributed by atoms with Crippen molar-refractivity contribution in [2.75, 3.05) is 6.61 Å². The molecule has 2 heterocycles. The van der Waals surface area contributed by atoms with Crippen molar-refractivity contribution in [1.82, 2.24) is 0 Å². The van der Waals surface area contributed by atoms with Crippen LogP contribution in [0.1, 0.15) is 76.2 Å². The fourth-order valence-electron chi connectivity index (χ4n) is 5.23. The summed E-state index contributed by atoms with van der Waals surface area (Å²) in [5.41, 5.74) is 5.28. The van der Waals surface area contributed by atoms with Gasteiger partial charge in [-0.15, -0.1) is 17.3 Å². The second kappa shape index (κ2) is 10.8. The van der Waals surface area contributed by atoms with Crippen LogP contribution in [0.15, 0.2) is 11.5 Å². The van der Waals surface area contributed by atoms with E-state index in [1.54, 1.807) is 0 Å². The smallest absolute Gasteiger partial charge is 0.335 e. The minimum Gasteiger partial charge on any atom is -0.414 e. The largest absolute Gasteiger partial charge is 0.414 e. The Hall–Kier alpha value is 0.181. The Labute approximate surface area is 206 Å². The van der Waals surface area contributed by atoms with Crippen LogP contribution in [-0.4, -0.2) is 42.7 Å². The van der Waals surface area contributed by atoms with Crippen molar-refractivity contribution in [3.63, 3.8) is 0 Å². The van der Waals surface area contributed by atoms with Crippen LogP contribution in [0.4, 0.5) is 0 Å². The van der Waals surface area contributed by atoms with E-state index in [2.05, 4.69) is 99.1 Å². The maximum absolute atomic E-state index is 7.33. The van der Waals surface area contributed by atoms with Crippen molar-refractivity contribution in [2.24, 2.45) is 0 Å². The number of hydrogen-bond acceptors (Lipinski definition) is 4. The second-order valence-corrected chi connectivity index (χ2v) is 25.9. The zero-order valence-corrected chi connectivity index (χ0v) is 26.3. The molecule has 0 radical (unpaired) electrons. The van der Waals surface area contributed by atoms with E-state index in [-0.39, 0.29) is 10.9 Å². The predicted octanol–water partition coefficient (Wildman–Crippen LogP) is 7.99. The fraction of sp³-hybridized carbons (Fsp3) is 0.840. The fourth-order valence-corrected chi connectivity index (χ4v) is 20.2. The van der Waals surface area contributed by atoms with E-state index >= 15 is 0 Å². The van der Waals surface area contributed by atoms with Crippen LogP contribution >= 0.6 is 11.8 Å². The van der Waals surface area contributed by atoms with Gasteiger partial charge in [-0.1, -0.05) is 82.1 Å². The molecule has 7 heteroatoms. The Morgan fingerprint density at radius 2 is 1.41 bits per heavy atom. The van der Waals surface area contributed by atoms with Gasteiger partial charge in [-0.2, -0.15) is 0 Å². The van der Waals surface area contributed by atoms with Gasteiger partial charge in [-0.05, 0) is 51.8 Å². The highest BCUT2D eigenvalue weighted by Gasteiger charge is 2.61. The van der Waals surface area contributed by atoms with Gasteiger partial charge in [0.25, 0.3) is 0 Å². The summed E-state index contributed by atoms with van der Waals surface area (Å²) in [6.45, 7) is 25.9. The molecule has 0 unspecified atom stereocenters. The molecule has 2 aliphatic heterocycles. The van der Waals surface area contributed by atoms with Gasteiger partial charge in [0, 0.05) is 0 Å². The van der Waals surface area contributed by atoms with Crippen LogP contribution < -0.4 is 0 Å². The molecule has 2 aliphatic rings. The molecule has 0 amide bonds. The van der Waals surface area contributed by atoms with Gasteiger partial charge in [0.2, 0.25) is 0 Å². The molecule has 0 N–H and O–H groups in total. The summed E-state index contributed by atoms with van der Waals surface area (Å²) >= 11 is 1.82. The molecule has 3 nitrogen and oxygen atoms in total. The van der Waals surface area contributed by atoms with Crippen LogP contribution in [-0.2, 0) is 13.0 Å². The van der Waals surface area contributed by atoms with Crippen molar-refractivity contribution in [1.29, 1.82) is 0 Å². The highest BCUT2D eigenvalue weighted by molar-refractivity contribution is 8.04. The highest BCUT2D eigenvalue weighted by atomic mass is 32.2. The lowest BCUT2D eigenvalue weighted by molar-refractivity contribution is 0.0778. The van der Waals surface area contributed by atoms with Crippen molar-refractivity contribution in [3.05, 3.63) is 11.5 Å². The third-order valence-electron chi connectivity index (χ3n) is 7.92. The zero-order valence-electron chi connectivity index (χ0n) is 22.5. The Kier molecular flexibility index (Phi) is 9.63. The van der Waals surface area contributed by atoms with E-state index in [1.807, 2.05) is 11.8 Å². The predicted molar refractivity (Wildman–Crippen MR) is 148 cm³/mol. The lowest BCUT2D eigenvalue weighted by Gasteiger charge is -2.52. The average molecular weight is 513 g/mol. The average Bonchev–Trinajstić information content (AvgIpc) is 3.10. The summed E-state index contributed by atoms with van der Waals surface area (Å²) in [4.78, 5) is 0. The van der Waals surface area contributed by atoms with Gasteiger partial charge in [-0.25, -0.2) is 0 Å². The molecule has 32 heavy (non-hydrogen) atoms. The van der Waals surface area contributed by atoms with Crippen molar-refractivity contribution >= 4 is 37.0 Å². The molecule has 0 aromatic carbocycles. The molecule has 0 aliphatic carbocycles. The first-order valence-corrected chi connectivity index (χ1v) is 20.2. The monoisotopic (exact) mass is 512 g/mol. The number of hydrogen-bond donors (Lipinski definition) is 0. The van der Waals surface area contributed by atoms with E-state index in [0.717, 1.165) is 0 Å². The van der Waals surface area contributed by atoms with Gasteiger partial charge in [-0.3, -0.25) is 0 Å². The standard InChI is InChI=1S/C25H48O3SSi3/c1-12-30(13-2,14-3)18-16-25-19-26-31(20(4)5,21(6)7)28-32(22(8)9,23(10)11)27-24(25)15-17-29-25/h15,17,20-24H,12-14,19H2,1-11H3/t24-,25+/m0/s1. The minimum atomic E-state index is -2.60. The Balaban J connectivity index is 2.68. The molecule has 0 aromatic rings. The second-order valence-electron chi connectivity index (χ2n) is 10.9. The molecule has 0 saturated carbocycles. The summed E-state index contributed by atoms with van der Waals surface area (Å²) < 4.78 is 21.3. The maximum atomic E-state index is 7.33. The first-order chi connectivity index (χ1) is 14.9. The van der Waals surface area contributed by atoms with E-state index < -0.39 is 25.2 Å². The Bertz CT molecular complexity index is 697. The summed E-state index contributed by atoms with van der Waals surface area (Å²) in [5, 5.41) is 2.20. The molecule has 184 valence electrons. The van der Waals surface area contributed by atoms with Crippen molar-refractivity contribution < 1.29 is 13.0 Å². The topological polar surface area (TPSA) is 27.7 Å². The summed E-state index contributed by atoms with van der Waals surface area (Å²) in [6, 6.07) is 3.64. The SMILES string of the molecule is CC[Si](C#C[C@@]12CO[Si](C(C)C)(C(C)C)O[Si](C(C)C)(C(C)C)O[C@H]1C=CS2)(CC)CC. The van der Waals surface area contributed by atoms with Crippen LogP contribution in [0.2, 0.25) is 40.3 Å². The first kappa shape index (κ1) is 28.4. The molecule has 2 rings (SSSR count). The van der Waals surface area contributed by atoms with Gasteiger partial charge in [0.05, 0.1) is 12.7 Å². The molecule has 0 spiro atoms. The number of thioether (sulfide) groups is 1. The molecule has 0 bridgehead atoms. The third kappa shape index (κ3) is 5.07. The number of rotatable bonds is 7. The van der Waals surface area contributed by atoms with Gasteiger partial charge in [0.15, 0.2) is 0 Å². The summed E-state index contributed by atoms with van der Waals surface area (Å²) in [6.07, 6.45) is 2.16. The maximum Gasteiger partial charge on any atom is 0.335 e. The molecular weight excluding hydrogens is 465 g/mol. The number of fused-ring (bicyclic) bond motifs is 1. The third-order valence-corrected chi connectivity index (χ3v) is 24.0. The van der Waals surface area contributed by atoms with Crippen LogP contribution in [0.3, 0.4) is 0 Å². The quantitative estimate of drug-likeness (QED) is 0.255. The zero-order chi connectivity index (χ0) is 24.4.